The van der Waals surface area contributed by atoms with E-state index in [1.54, 1.807) is 6.07 Å². The van der Waals surface area contributed by atoms with E-state index in [0.29, 0.717) is 0 Å². The summed E-state index contributed by atoms with van der Waals surface area (Å²) < 4.78 is 5.90. The van der Waals surface area contributed by atoms with Crippen LogP contribution in [0.3, 0.4) is 0 Å². The zero-order chi connectivity index (χ0) is 17.8. The standard InChI is InChI=1S/C20H22N4O2/c25-20-11-17(22-14-23-20)4-5-18-13-24(8-9-26-18)12-15-3-6-19-16(10-15)2-1-7-21-19/h1-3,6-7,10-11,14,18H,4-5,8-9,12-13H2,(H,22,23,25). The van der Waals surface area contributed by atoms with E-state index in [0.717, 1.165) is 50.3 Å². The molecular weight excluding hydrogens is 328 g/mol. The lowest BCUT2D eigenvalue weighted by Gasteiger charge is -2.33. The van der Waals surface area contributed by atoms with Crippen molar-refractivity contribution >= 4 is 10.9 Å². The molecule has 3 aromatic rings. The fourth-order valence-corrected chi connectivity index (χ4v) is 3.43. The van der Waals surface area contributed by atoms with Gasteiger partial charge in [0.05, 0.1) is 24.6 Å². The maximum Gasteiger partial charge on any atom is 0.250 e. The third-order valence-electron chi connectivity index (χ3n) is 4.75. The van der Waals surface area contributed by atoms with Gasteiger partial charge in [-0.15, -0.1) is 0 Å². The van der Waals surface area contributed by atoms with Crippen molar-refractivity contribution < 1.29 is 4.74 Å². The normalized spacial score (nSPS) is 18.2. The van der Waals surface area contributed by atoms with E-state index in [1.807, 2.05) is 12.3 Å². The Morgan fingerprint density at radius 3 is 3.12 bits per heavy atom. The molecule has 6 nitrogen and oxygen atoms in total. The van der Waals surface area contributed by atoms with Crippen LogP contribution in [0.4, 0.5) is 0 Å². The van der Waals surface area contributed by atoms with E-state index in [9.17, 15) is 4.79 Å². The third-order valence-corrected chi connectivity index (χ3v) is 4.75. The Balaban J connectivity index is 1.36. The van der Waals surface area contributed by atoms with E-state index < -0.39 is 0 Å². The predicted molar refractivity (Wildman–Crippen MR) is 99.9 cm³/mol. The summed E-state index contributed by atoms with van der Waals surface area (Å²) >= 11 is 0. The summed E-state index contributed by atoms with van der Waals surface area (Å²) in [4.78, 5) is 24.9. The van der Waals surface area contributed by atoms with Crippen molar-refractivity contribution in [3.05, 3.63) is 70.5 Å². The first-order valence-electron chi connectivity index (χ1n) is 8.97. The van der Waals surface area contributed by atoms with Crippen molar-refractivity contribution in [1.82, 2.24) is 19.9 Å². The Kier molecular flexibility index (Phi) is 5.04. The maximum absolute atomic E-state index is 11.4. The number of rotatable bonds is 5. The van der Waals surface area contributed by atoms with Crippen molar-refractivity contribution in [2.45, 2.75) is 25.5 Å². The van der Waals surface area contributed by atoms with Crippen LogP contribution in [0.1, 0.15) is 17.7 Å². The second kappa shape index (κ2) is 7.76. The van der Waals surface area contributed by atoms with Crippen molar-refractivity contribution in [1.29, 1.82) is 0 Å². The van der Waals surface area contributed by atoms with Gasteiger partial charge in [-0.2, -0.15) is 0 Å². The summed E-state index contributed by atoms with van der Waals surface area (Å²) in [6.45, 7) is 3.48. The molecule has 1 aromatic carbocycles. The van der Waals surface area contributed by atoms with Gasteiger partial charge in [0.15, 0.2) is 0 Å². The van der Waals surface area contributed by atoms with Crippen molar-refractivity contribution in [3.8, 4) is 0 Å². The Hall–Kier alpha value is -2.57. The van der Waals surface area contributed by atoms with Crippen LogP contribution >= 0.6 is 0 Å². The van der Waals surface area contributed by atoms with Gasteiger partial charge < -0.3 is 9.72 Å². The number of ether oxygens (including phenoxy) is 1. The van der Waals surface area contributed by atoms with Crippen molar-refractivity contribution in [2.24, 2.45) is 0 Å². The largest absolute Gasteiger partial charge is 0.376 e. The molecule has 1 aliphatic heterocycles. The van der Waals surface area contributed by atoms with Crippen molar-refractivity contribution in [2.75, 3.05) is 19.7 Å². The Morgan fingerprint density at radius 1 is 1.23 bits per heavy atom. The first-order valence-corrected chi connectivity index (χ1v) is 8.97. The van der Waals surface area contributed by atoms with E-state index in [4.69, 9.17) is 4.74 Å². The molecule has 3 heterocycles. The van der Waals surface area contributed by atoms with E-state index >= 15 is 0 Å². The summed E-state index contributed by atoms with van der Waals surface area (Å²) in [6, 6.07) is 12.1. The van der Waals surface area contributed by atoms with Gasteiger partial charge in [-0.25, -0.2) is 4.98 Å². The van der Waals surface area contributed by atoms with Crippen LogP contribution in [-0.4, -0.2) is 45.7 Å². The first-order chi connectivity index (χ1) is 12.8. The molecule has 0 radical (unpaired) electrons. The molecule has 1 N–H and O–H groups in total. The van der Waals surface area contributed by atoms with Gasteiger partial charge in [0.1, 0.15) is 0 Å². The highest BCUT2D eigenvalue weighted by Crippen LogP contribution is 2.17. The average Bonchev–Trinajstić information content (AvgIpc) is 2.67. The van der Waals surface area contributed by atoms with E-state index in [1.165, 1.54) is 17.3 Å². The molecule has 2 aromatic heterocycles. The molecule has 0 amide bonds. The van der Waals surface area contributed by atoms with Gasteiger partial charge in [-0.3, -0.25) is 14.7 Å². The highest BCUT2D eigenvalue weighted by atomic mass is 16.5. The second-order valence-electron chi connectivity index (χ2n) is 6.70. The molecule has 1 unspecified atom stereocenters. The summed E-state index contributed by atoms with van der Waals surface area (Å²) in [7, 11) is 0. The van der Waals surface area contributed by atoms with Crippen LogP contribution in [0.25, 0.3) is 10.9 Å². The van der Waals surface area contributed by atoms with E-state index in [2.05, 4.69) is 44.1 Å². The van der Waals surface area contributed by atoms with Gasteiger partial charge in [-0.1, -0.05) is 12.1 Å². The van der Waals surface area contributed by atoms with Gasteiger partial charge in [0.2, 0.25) is 0 Å². The smallest absolute Gasteiger partial charge is 0.250 e. The van der Waals surface area contributed by atoms with Crippen LogP contribution in [0.5, 0.6) is 0 Å². The number of nitrogens with one attached hydrogen (secondary N) is 1. The molecule has 1 atom stereocenters. The SMILES string of the molecule is O=c1cc(CCC2CN(Cc3ccc4ncccc4c3)CCO2)nc[nH]1. The molecule has 26 heavy (non-hydrogen) atoms. The number of aryl methyl sites for hydroxylation is 1. The number of benzene rings is 1. The number of aromatic amines is 1. The fraction of sp³-hybridized carbons (Fsp3) is 0.350. The van der Waals surface area contributed by atoms with Crippen LogP contribution in [0.2, 0.25) is 0 Å². The van der Waals surface area contributed by atoms with Gasteiger partial charge in [0.25, 0.3) is 5.56 Å². The number of aromatic nitrogens is 3. The third kappa shape index (κ3) is 4.15. The monoisotopic (exact) mass is 350 g/mol. The maximum atomic E-state index is 11.4. The Morgan fingerprint density at radius 2 is 2.19 bits per heavy atom. The number of hydrogen-bond acceptors (Lipinski definition) is 5. The second-order valence-corrected chi connectivity index (χ2v) is 6.70. The number of fused-ring (bicyclic) bond motifs is 1. The zero-order valence-electron chi connectivity index (χ0n) is 14.6. The molecule has 4 rings (SSSR count). The zero-order valence-corrected chi connectivity index (χ0v) is 14.6. The number of H-pyrrole nitrogens is 1. The molecule has 1 fully saturated rings. The first kappa shape index (κ1) is 16.9. The minimum atomic E-state index is -0.105. The molecule has 134 valence electrons. The Labute approximate surface area is 151 Å². The average molecular weight is 350 g/mol. The molecule has 0 bridgehead atoms. The molecule has 0 aliphatic carbocycles. The summed E-state index contributed by atoms with van der Waals surface area (Å²) in [5.74, 6) is 0. The lowest BCUT2D eigenvalue weighted by Crippen LogP contribution is -2.42. The lowest BCUT2D eigenvalue weighted by molar-refractivity contribution is -0.0346. The van der Waals surface area contributed by atoms with E-state index in [-0.39, 0.29) is 11.7 Å². The van der Waals surface area contributed by atoms with Crippen molar-refractivity contribution in [3.63, 3.8) is 0 Å². The van der Waals surface area contributed by atoms with Crippen LogP contribution in [0.15, 0.2) is 53.7 Å². The molecule has 0 spiro atoms. The van der Waals surface area contributed by atoms with Crippen LogP contribution in [-0.2, 0) is 17.7 Å². The highest BCUT2D eigenvalue weighted by Gasteiger charge is 2.20. The minimum absolute atomic E-state index is 0.105. The minimum Gasteiger partial charge on any atom is -0.376 e. The molecule has 0 saturated carbocycles. The number of hydrogen-bond donors (Lipinski definition) is 1. The molecule has 1 saturated heterocycles. The predicted octanol–water partition coefficient (Wildman–Crippen LogP) is 2.15. The summed E-state index contributed by atoms with van der Waals surface area (Å²) in [5.41, 5.74) is 3.03. The number of morpholine rings is 1. The summed E-state index contributed by atoms with van der Waals surface area (Å²) in [6.07, 6.45) is 5.08. The number of pyridine rings is 1. The van der Waals surface area contributed by atoms with Gasteiger partial charge >= 0.3 is 0 Å². The van der Waals surface area contributed by atoms with Crippen LogP contribution in [0, 0.1) is 0 Å². The Bertz CT molecular complexity index is 940. The molecule has 6 heteroatoms. The lowest BCUT2D eigenvalue weighted by atomic mass is 10.1. The molecular formula is C20H22N4O2. The van der Waals surface area contributed by atoms with Crippen LogP contribution < -0.4 is 5.56 Å². The summed E-state index contributed by atoms with van der Waals surface area (Å²) in [5, 5.41) is 1.18. The highest BCUT2D eigenvalue weighted by molar-refractivity contribution is 5.78. The fourth-order valence-electron chi connectivity index (χ4n) is 3.43. The quantitative estimate of drug-likeness (QED) is 0.763. The van der Waals surface area contributed by atoms with Gasteiger partial charge in [0, 0.05) is 43.0 Å². The molecule has 1 aliphatic rings. The number of nitrogens with zero attached hydrogens (tertiary/aromatic N) is 3. The van der Waals surface area contributed by atoms with Gasteiger partial charge in [-0.05, 0) is 36.6 Å². The topological polar surface area (TPSA) is 71.1 Å².